The molecule has 0 atom stereocenters. The van der Waals surface area contributed by atoms with Crippen LogP contribution in [0.2, 0.25) is 0 Å². The van der Waals surface area contributed by atoms with Crippen molar-refractivity contribution in [3.63, 3.8) is 0 Å². The highest BCUT2D eigenvalue weighted by Crippen LogP contribution is 2.39. The lowest BCUT2D eigenvalue weighted by molar-refractivity contribution is 0.0963. The third kappa shape index (κ3) is 4.83. The van der Waals surface area contributed by atoms with Gasteiger partial charge in [-0.1, -0.05) is 0 Å². The van der Waals surface area contributed by atoms with E-state index in [1.165, 1.54) is 30.6 Å². The Bertz CT molecular complexity index is 1390. The van der Waals surface area contributed by atoms with E-state index < -0.39 is 22.7 Å². The van der Waals surface area contributed by atoms with Crippen LogP contribution in [0.15, 0.2) is 41.6 Å². The minimum atomic E-state index is -3.65. The van der Waals surface area contributed by atoms with Crippen LogP contribution in [0.4, 0.5) is 23.1 Å². The molecular formula is C21H23N7O3S. The van der Waals surface area contributed by atoms with E-state index in [1.807, 2.05) is 11.4 Å². The fraction of sp³-hybridized carbons (Fsp3) is 0.286. The molecule has 166 valence electrons. The summed E-state index contributed by atoms with van der Waals surface area (Å²) in [6.45, 7) is -0.945. The predicted octanol–water partition coefficient (Wildman–Crippen LogP) is 2.70. The summed E-state index contributed by atoms with van der Waals surface area (Å²) in [7, 11) is -3.65. The summed E-state index contributed by atoms with van der Waals surface area (Å²) in [5, 5.41) is 7.82. The van der Waals surface area contributed by atoms with Crippen LogP contribution in [-0.4, -0.2) is 47.5 Å². The van der Waals surface area contributed by atoms with Gasteiger partial charge in [-0.3, -0.25) is 4.79 Å². The fourth-order valence-corrected chi connectivity index (χ4v) is 3.94. The molecule has 1 saturated carbocycles. The molecule has 3 N–H and O–H groups in total. The van der Waals surface area contributed by atoms with Crippen LogP contribution in [0, 0.1) is 6.92 Å². The van der Waals surface area contributed by atoms with Crippen molar-refractivity contribution in [1.82, 2.24) is 25.3 Å². The average molecular weight is 457 g/mol. The Morgan fingerprint density at radius 2 is 1.97 bits per heavy atom. The first-order chi connectivity index (χ1) is 16.4. The lowest BCUT2D eigenvalue weighted by Crippen LogP contribution is -2.20. The second-order valence-corrected chi connectivity index (χ2v) is 9.43. The van der Waals surface area contributed by atoms with Gasteiger partial charge in [0.25, 0.3) is 5.91 Å². The van der Waals surface area contributed by atoms with Crippen molar-refractivity contribution in [2.45, 2.75) is 30.6 Å². The number of pyridine rings is 2. The molecular weight excluding hydrogens is 430 g/mol. The monoisotopic (exact) mass is 456 g/mol. The van der Waals surface area contributed by atoms with Gasteiger partial charge in [0, 0.05) is 53.5 Å². The molecule has 0 aliphatic heterocycles. The molecule has 1 fully saturated rings. The molecule has 0 saturated heterocycles. The number of nitrogens with zero attached hydrogens (tertiary/aromatic N) is 4. The number of carbonyl (C=O) groups is 1. The summed E-state index contributed by atoms with van der Waals surface area (Å²) in [4.78, 5) is 29.7. The molecule has 10 nitrogen and oxygen atoms in total. The number of sulfone groups is 1. The van der Waals surface area contributed by atoms with Gasteiger partial charge in [-0.05, 0) is 31.9 Å². The summed E-state index contributed by atoms with van der Waals surface area (Å²) < 4.78 is 46.4. The zero-order valence-electron chi connectivity index (χ0n) is 20.4. The molecule has 0 bridgehead atoms. The van der Waals surface area contributed by atoms with Gasteiger partial charge >= 0.3 is 0 Å². The van der Waals surface area contributed by atoms with Crippen molar-refractivity contribution < 1.29 is 17.3 Å². The van der Waals surface area contributed by atoms with E-state index in [0.29, 0.717) is 17.6 Å². The largest absolute Gasteiger partial charge is 0.355 e. The Morgan fingerprint density at radius 1 is 1.16 bits per heavy atom. The third-order valence-electron chi connectivity index (χ3n) is 4.79. The number of aromatic nitrogens is 4. The van der Waals surface area contributed by atoms with Gasteiger partial charge < -0.3 is 16.0 Å². The summed E-state index contributed by atoms with van der Waals surface area (Å²) in [5.41, 5.74) is 0.911. The average Bonchev–Trinajstić information content (AvgIpc) is 3.57. The van der Waals surface area contributed by atoms with E-state index in [1.54, 1.807) is 6.92 Å². The molecule has 32 heavy (non-hydrogen) atoms. The molecule has 0 aromatic carbocycles. The predicted molar refractivity (Wildman–Crippen MR) is 120 cm³/mol. The minimum absolute atomic E-state index is 0.0241. The summed E-state index contributed by atoms with van der Waals surface area (Å²) >= 11 is 0. The van der Waals surface area contributed by atoms with Crippen LogP contribution in [0.1, 0.15) is 44.7 Å². The second-order valence-electron chi connectivity index (χ2n) is 7.44. The first-order valence-electron chi connectivity index (χ1n) is 11.3. The SMILES string of the molecule is [2H]C([2H])([2H])NC(=O)c1cnc(Nc2cc(C3CC3)nc(C)n2)cc1Nc1ncccc1S(C)(=O)=O. The van der Waals surface area contributed by atoms with Crippen LogP contribution in [0.25, 0.3) is 0 Å². The molecule has 3 aromatic rings. The van der Waals surface area contributed by atoms with E-state index in [9.17, 15) is 13.2 Å². The van der Waals surface area contributed by atoms with E-state index in [-0.39, 0.29) is 27.8 Å². The highest BCUT2D eigenvalue weighted by molar-refractivity contribution is 7.90. The van der Waals surface area contributed by atoms with Gasteiger partial charge in [-0.2, -0.15) is 0 Å². The highest BCUT2D eigenvalue weighted by atomic mass is 32.2. The molecule has 0 radical (unpaired) electrons. The molecule has 4 rings (SSSR count). The van der Waals surface area contributed by atoms with Gasteiger partial charge in [0.15, 0.2) is 9.84 Å². The van der Waals surface area contributed by atoms with E-state index in [2.05, 4.69) is 30.6 Å². The van der Waals surface area contributed by atoms with Crippen LogP contribution in [-0.2, 0) is 9.84 Å². The lowest BCUT2D eigenvalue weighted by Gasteiger charge is -2.15. The maximum Gasteiger partial charge on any atom is 0.254 e. The zero-order valence-corrected chi connectivity index (χ0v) is 18.2. The van der Waals surface area contributed by atoms with Gasteiger partial charge in [0.1, 0.15) is 28.2 Å². The normalized spacial score (nSPS) is 15.2. The van der Waals surface area contributed by atoms with Crippen LogP contribution in [0.5, 0.6) is 0 Å². The van der Waals surface area contributed by atoms with Crippen molar-refractivity contribution in [2.75, 3.05) is 23.9 Å². The lowest BCUT2D eigenvalue weighted by atomic mass is 10.2. The van der Waals surface area contributed by atoms with Crippen LogP contribution < -0.4 is 16.0 Å². The van der Waals surface area contributed by atoms with Crippen molar-refractivity contribution in [3.05, 3.63) is 53.7 Å². The van der Waals surface area contributed by atoms with Crippen LogP contribution in [0.3, 0.4) is 0 Å². The van der Waals surface area contributed by atoms with Crippen molar-refractivity contribution >= 4 is 38.9 Å². The smallest absolute Gasteiger partial charge is 0.254 e. The quantitative estimate of drug-likeness (QED) is 0.489. The Labute approximate surface area is 190 Å². The molecule has 3 aromatic heterocycles. The zero-order chi connectivity index (χ0) is 25.4. The first kappa shape index (κ1) is 18.0. The number of amides is 1. The Kier molecular flexibility index (Phi) is 4.79. The second kappa shape index (κ2) is 8.50. The molecule has 0 spiro atoms. The number of rotatable bonds is 7. The van der Waals surface area contributed by atoms with Crippen molar-refractivity contribution in [1.29, 1.82) is 0 Å². The Morgan fingerprint density at radius 3 is 2.69 bits per heavy atom. The maximum absolute atomic E-state index is 12.7. The van der Waals surface area contributed by atoms with Crippen molar-refractivity contribution in [2.24, 2.45) is 0 Å². The fourth-order valence-electron chi connectivity index (χ4n) is 3.16. The number of anilines is 4. The van der Waals surface area contributed by atoms with Gasteiger partial charge in [-0.15, -0.1) is 0 Å². The number of hydrogen-bond donors (Lipinski definition) is 3. The number of aryl methyl sites for hydroxylation is 1. The molecule has 11 heteroatoms. The molecule has 1 amide bonds. The summed E-state index contributed by atoms with van der Waals surface area (Å²) in [6, 6.07) is 6.12. The molecule has 3 heterocycles. The molecule has 1 aliphatic carbocycles. The van der Waals surface area contributed by atoms with Gasteiger partial charge in [0.05, 0.1) is 11.3 Å². The Balaban J connectivity index is 1.73. The molecule has 0 unspecified atom stereocenters. The van der Waals surface area contributed by atoms with Gasteiger partial charge in [0.2, 0.25) is 0 Å². The number of nitrogens with one attached hydrogen (secondary N) is 3. The number of carbonyl (C=O) groups excluding carboxylic acids is 1. The first-order valence-corrected chi connectivity index (χ1v) is 11.7. The van der Waals surface area contributed by atoms with Crippen LogP contribution >= 0.6 is 0 Å². The summed E-state index contributed by atoms with van der Waals surface area (Å²) in [6.07, 6.45) is 5.75. The topological polar surface area (TPSA) is 139 Å². The molecule has 1 aliphatic rings. The third-order valence-corrected chi connectivity index (χ3v) is 5.92. The standard InChI is InChI=1S/C21H23N7O3S/c1-12-25-15(13-6-7-13)9-19(26-12)28-18-10-16(14(11-24-18)21(29)22-2)27-20-17(32(3,30)31)5-4-8-23-20/h4-5,8-11,13H,6-7H2,1-3H3,(H,22,29)(H2,23,24,25,26,27,28)/i2D3. The number of hydrogen-bond acceptors (Lipinski definition) is 9. The van der Waals surface area contributed by atoms with E-state index in [4.69, 9.17) is 4.11 Å². The van der Waals surface area contributed by atoms with E-state index >= 15 is 0 Å². The van der Waals surface area contributed by atoms with Gasteiger partial charge in [-0.25, -0.2) is 28.4 Å². The summed E-state index contributed by atoms with van der Waals surface area (Å²) in [5.74, 6) is 0.852. The Hall–Kier alpha value is -3.60. The maximum atomic E-state index is 12.7. The van der Waals surface area contributed by atoms with E-state index in [0.717, 1.165) is 24.8 Å². The van der Waals surface area contributed by atoms with Crippen molar-refractivity contribution in [3.8, 4) is 0 Å². The highest BCUT2D eigenvalue weighted by Gasteiger charge is 2.26. The minimum Gasteiger partial charge on any atom is -0.355 e.